The zero-order chi connectivity index (χ0) is 17.7. The predicted octanol–water partition coefficient (Wildman–Crippen LogP) is 2.67. The minimum absolute atomic E-state index is 0.0977. The van der Waals surface area contributed by atoms with Gasteiger partial charge in [0.1, 0.15) is 11.4 Å². The van der Waals surface area contributed by atoms with Crippen molar-refractivity contribution < 1.29 is 23.9 Å². The molecule has 2 aromatic rings. The SMILES string of the molecule is COc1ccc(NC(=O)COC(=O)c2cc(C(C)=O)c[nH]2)cc1Cl. The summed E-state index contributed by atoms with van der Waals surface area (Å²) in [4.78, 5) is 37.4. The molecule has 126 valence electrons. The number of aromatic amines is 1. The topological polar surface area (TPSA) is 97.5 Å². The van der Waals surface area contributed by atoms with E-state index in [1.165, 1.54) is 32.4 Å². The summed E-state index contributed by atoms with van der Waals surface area (Å²) in [5.41, 5.74) is 0.903. The zero-order valence-corrected chi connectivity index (χ0v) is 13.8. The molecule has 0 aliphatic rings. The highest BCUT2D eigenvalue weighted by Gasteiger charge is 2.14. The third-order valence-corrected chi connectivity index (χ3v) is 3.37. The van der Waals surface area contributed by atoms with Gasteiger partial charge < -0.3 is 19.8 Å². The van der Waals surface area contributed by atoms with Crippen LogP contribution in [0.25, 0.3) is 0 Å². The predicted molar refractivity (Wildman–Crippen MR) is 87.7 cm³/mol. The number of hydrogen-bond acceptors (Lipinski definition) is 5. The van der Waals surface area contributed by atoms with Crippen LogP contribution in [-0.2, 0) is 9.53 Å². The summed E-state index contributed by atoms with van der Waals surface area (Å²) >= 11 is 5.96. The number of rotatable bonds is 6. The summed E-state index contributed by atoms with van der Waals surface area (Å²) in [6, 6.07) is 6.09. The van der Waals surface area contributed by atoms with Gasteiger partial charge >= 0.3 is 5.97 Å². The normalized spacial score (nSPS) is 10.1. The monoisotopic (exact) mass is 350 g/mol. The molecule has 0 atom stereocenters. The lowest BCUT2D eigenvalue weighted by atomic mass is 10.2. The molecule has 7 nitrogen and oxygen atoms in total. The first kappa shape index (κ1) is 17.6. The number of benzene rings is 1. The Morgan fingerprint density at radius 2 is 2.00 bits per heavy atom. The van der Waals surface area contributed by atoms with E-state index in [0.29, 0.717) is 22.0 Å². The van der Waals surface area contributed by atoms with Crippen molar-refractivity contribution in [2.45, 2.75) is 6.92 Å². The fourth-order valence-corrected chi connectivity index (χ4v) is 2.12. The van der Waals surface area contributed by atoms with Crippen LogP contribution < -0.4 is 10.1 Å². The summed E-state index contributed by atoms with van der Waals surface area (Å²) in [7, 11) is 1.48. The number of nitrogens with one attached hydrogen (secondary N) is 2. The highest BCUT2D eigenvalue weighted by Crippen LogP contribution is 2.27. The van der Waals surface area contributed by atoms with Gasteiger partial charge in [0, 0.05) is 17.4 Å². The van der Waals surface area contributed by atoms with Crippen molar-refractivity contribution in [3.8, 4) is 5.75 Å². The molecule has 1 heterocycles. The van der Waals surface area contributed by atoms with E-state index in [1.54, 1.807) is 12.1 Å². The van der Waals surface area contributed by atoms with Crippen molar-refractivity contribution in [3.63, 3.8) is 0 Å². The lowest BCUT2D eigenvalue weighted by Crippen LogP contribution is -2.21. The van der Waals surface area contributed by atoms with E-state index < -0.39 is 18.5 Å². The summed E-state index contributed by atoms with van der Waals surface area (Å²) in [6.45, 7) is 0.905. The van der Waals surface area contributed by atoms with Gasteiger partial charge in [-0.1, -0.05) is 11.6 Å². The van der Waals surface area contributed by atoms with Gasteiger partial charge in [-0.25, -0.2) is 4.79 Å². The van der Waals surface area contributed by atoms with E-state index >= 15 is 0 Å². The molecule has 0 saturated carbocycles. The molecule has 0 fully saturated rings. The molecular weight excluding hydrogens is 336 g/mol. The van der Waals surface area contributed by atoms with Crippen LogP contribution in [0.5, 0.6) is 5.75 Å². The number of ketones is 1. The minimum Gasteiger partial charge on any atom is -0.495 e. The Morgan fingerprint density at radius 3 is 2.58 bits per heavy atom. The lowest BCUT2D eigenvalue weighted by molar-refractivity contribution is -0.119. The molecule has 2 rings (SSSR count). The molecule has 0 aliphatic carbocycles. The van der Waals surface area contributed by atoms with Crippen molar-refractivity contribution in [2.24, 2.45) is 0 Å². The van der Waals surface area contributed by atoms with Crippen LogP contribution in [0.15, 0.2) is 30.5 Å². The molecule has 1 amide bonds. The number of anilines is 1. The van der Waals surface area contributed by atoms with Gasteiger partial charge in [-0.2, -0.15) is 0 Å². The standard InChI is InChI=1S/C16H15ClN2O5/c1-9(20)10-5-13(18-7-10)16(22)24-8-15(21)19-11-3-4-14(23-2)12(17)6-11/h3-7,18H,8H2,1-2H3,(H,19,21). The van der Waals surface area contributed by atoms with Crippen molar-refractivity contribution in [1.82, 2.24) is 4.98 Å². The van der Waals surface area contributed by atoms with Crippen LogP contribution in [0.2, 0.25) is 5.02 Å². The molecule has 1 aromatic carbocycles. The van der Waals surface area contributed by atoms with Crippen molar-refractivity contribution in [1.29, 1.82) is 0 Å². The third kappa shape index (κ3) is 4.36. The number of hydrogen-bond donors (Lipinski definition) is 2. The van der Waals surface area contributed by atoms with Gasteiger partial charge in [-0.3, -0.25) is 9.59 Å². The second-order valence-corrected chi connectivity index (χ2v) is 5.24. The Hall–Kier alpha value is -2.80. The zero-order valence-electron chi connectivity index (χ0n) is 13.0. The fraction of sp³-hybridized carbons (Fsp3) is 0.188. The van der Waals surface area contributed by atoms with E-state index in [9.17, 15) is 14.4 Å². The number of aromatic nitrogens is 1. The Labute approximate surface area is 142 Å². The smallest absolute Gasteiger partial charge is 0.355 e. The fourth-order valence-electron chi connectivity index (χ4n) is 1.87. The number of ether oxygens (including phenoxy) is 2. The highest BCUT2D eigenvalue weighted by molar-refractivity contribution is 6.32. The van der Waals surface area contributed by atoms with E-state index in [2.05, 4.69) is 10.3 Å². The van der Waals surface area contributed by atoms with Crippen molar-refractivity contribution >= 4 is 34.9 Å². The van der Waals surface area contributed by atoms with Crippen LogP contribution in [0.1, 0.15) is 27.8 Å². The van der Waals surface area contributed by atoms with Gasteiger partial charge in [0.2, 0.25) is 0 Å². The molecule has 2 N–H and O–H groups in total. The Bertz CT molecular complexity index is 785. The molecule has 0 aliphatic heterocycles. The maximum atomic E-state index is 11.8. The van der Waals surface area contributed by atoms with E-state index in [0.717, 1.165) is 0 Å². The summed E-state index contributed by atoms with van der Waals surface area (Å²) < 4.78 is 9.89. The Morgan fingerprint density at radius 1 is 1.25 bits per heavy atom. The van der Waals surface area contributed by atoms with Gasteiger partial charge in [0.15, 0.2) is 12.4 Å². The number of amides is 1. The summed E-state index contributed by atoms with van der Waals surface area (Å²) in [5.74, 6) is -0.957. The molecule has 0 bridgehead atoms. The molecule has 0 spiro atoms. The first-order valence-corrected chi connectivity index (χ1v) is 7.28. The first-order valence-electron chi connectivity index (χ1n) is 6.90. The number of H-pyrrole nitrogens is 1. The Kier molecular flexibility index (Phi) is 5.59. The molecule has 0 radical (unpaired) electrons. The van der Waals surface area contributed by atoms with Gasteiger partial charge in [0.25, 0.3) is 5.91 Å². The quantitative estimate of drug-likeness (QED) is 0.616. The maximum absolute atomic E-state index is 11.8. The number of carbonyl (C=O) groups is 3. The van der Waals surface area contributed by atoms with Crippen LogP contribution in [0, 0.1) is 0 Å². The largest absolute Gasteiger partial charge is 0.495 e. The average molecular weight is 351 g/mol. The number of halogens is 1. The van der Waals surface area contributed by atoms with Crippen LogP contribution >= 0.6 is 11.6 Å². The van der Waals surface area contributed by atoms with E-state index in [-0.39, 0.29) is 11.5 Å². The first-order chi connectivity index (χ1) is 11.4. The van der Waals surface area contributed by atoms with Gasteiger partial charge in [-0.15, -0.1) is 0 Å². The van der Waals surface area contributed by atoms with Crippen LogP contribution in [0.3, 0.4) is 0 Å². The molecule has 8 heteroatoms. The van der Waals surface area contributed by atoms with Crippen molar-refractivity contribution in [2.75, 3.05) is 19.0 Å². The molecular formula is C16H15ClN2O5. The maximum Gasteiger partial charge on any atom is 0.355 e. The minimum atomic E-state index is -0.731. The van der Waals surface area contributed by atoms with Gasteiger partial charge in [-0.05, 0) is 31.2 Å². The third-order valence-electron chi connectivity index (χ3n) is 3.08. The second kappa shape index (κ2) is 7.65. The number of methoxy groups -OCH3 is 1. The number of Topliss-reactive ketones (excluding diaryl/α,β-unsaturated/α-hetero) is 1. The summed E-state index contributed by atoms with van der Waals surface area (Å²) in [6.07, 6.45) is 1.40. The molecule has 0 unspecified atom stereocenters. The van der Waals surface area contributed by atoms with Gasteiger partial charge in [0.05, 0.1) is 12.1 Å². The average Bonchev–Trinajstić information content (AvgIpc) is 3.03. The van der Waals surface area contributed by atoms with Crippen LogP contribution in [-0.4, -0.2) is 36.4 Å². The van der Waals surface area contributed by atoms with Crippen LogP contribution in [0.4, 0.5) is 5.69 Å². The molecule has 24 heavy (non-hydrogen) atoms. The van der Waals surface area contributed by atoms with E-state index in [1.807, 2.05) is 0 Å². The Balaban J connectivity index is 1.89. The van der Waals surface area contributed by atoms with Crippen molar-refractivity contribution in [3.05, 3.63) is 46.7 Å². The summed E-state index contributed by atoms with van der Waals surface area (Å²) in [5, 5.41) is 2.89. The molecule has 0 saturated heterocycles. The number of carbonyl (C=O) groups excluding carboxylic acids is 3. The lowest BCUT2D eigenvalue weighted by Gasteiger charge is -2.08. The van der Waals surface area contributed by atoms with E-state index in [4.69, 9.17) is 21.1 Å². The molecule has 1 aromatic heterocycles. The highest BCUT2D eigenvalue weighted by atomic mass is 35.5. The second-order valence-electron chi connectivity index (χ2n) is 4.83. The number of esters is 1.